The van der Waals surface area contributed by atoms with Gasteiger partial charge in [0.2, 0.25) is 0 Å². The van der Waals surface area contributed by atoms with Gasteiger partial charge >= 0.3 is 0 Å². The molecule has 0 amide bonds. The van der Waals surface area contributed by atoms with Gasteiger partial charge in [-0.05, 0) is 57.0 Å². The quantitative estimate of drug-likeness (QED) is 0.655. The molecule has 0 heterocycles. The summed E-state index contributed by atoms with van der Waals surface area (Å²) < 4.78 is 0. The van der Waals surface area contributed by atoms with E-state index in [1.165, 1.54) is 45.2 Å². The second kappa shape index (κ2) is 7.29. The summed E-state index contributed by atoms with van der Waals surface area (Å²) in [5.41, 5.74) is 5.57. The lowest BCUT2D eigenvalue weighted by Gasteiger charge is -2.24. The van der Waals surface area contributed by atoms with Crippen molar-refractivity contribution in [1.29, 1.82) is 0 Å². The largest absolute Gasteiger partial charge is 0.330 e. The van der Waals surface area contributed by atoms with Crippen molar-refractivity contribution in [3.63, 3.8) is 0 Å². The third-order valence-electron chi connectivity index (χ3n) is 3.46. The van der Waals surface area contributed by atoms with Crippen molar-refractivity contribution in [3.05, 3.63) is 0 Å². The van der Waals surface area contributed by atoms with E-state index in [1.807, 2.05) is 0 Å². The first-order valence-corrected chi connectivity index (χ1v) is 7.07. The van der Waals surface area contributed by atoms with Crippen LogP contribution < -0.4 is 5.73 Å². The lowest BCUT2D eigenvalue weighted by molar-refractivity contribution is 0.225. The molecule has 2 N–H and O–H groups in total. The molecule has 0 radical (unpaired) electrons. The second-order valence-electron chi connectivity index (χ2n) is 5.94. The summed E-state index contributed by atoms with van der Waals surface area (Å²) in [4.78, 5) is 2.71. The fraction of sp³-hybridized carbons (Fsp3) is 1.00. The summed E-state index contributed by atoms with van der Waals surface area (Å²) in [6.07, 6.45) is 6.76. The molecule has 0 aromatic carbocycles. The summed E-state index contributed by atoms with van der Waals surface area (Å²) in [5, 5.41) is 0. The van der Waals surface area contributed by atoms with Gasteiger partial charge in [0.25, 0.3) is 0 Å². The SMILES string of the molecule is CC(C)CN(CCCC(C)CCN)C1CC1. The van der Waals surface area contributed by atoms with Crippen LogP contribution in [0.4, 0.5) is 0 Å². The van der Waals surface area contributed by atoms with Gasteiger partial charge in [-0.25, -0.2) is 0 Å². The monoisotopic (exact) mass is 226 g/mol. The first-order chi connectivity index (χ1) is 7.63. The molecule has 0 spiro atoms. The Bertz CT molecular complexity index is 176. The maximum atomic E-state index is 5.57. The number of rotatable bonds is 9. The molecule has 1 aliphatic carbocycles. The molecule has 1 rings (SSSR count). The molecule has 0 aromatic rings. The van der Waals surface area contributed by atoms with Gasteiger partial charge < -0.3 is 10.6 Å². The standard InChI is InChI=1S/C14H30N2/c1-12(2)11-16(14-6-7-14)10-4-5-13(3)8-9-15/h12-14H,4-11,15H2,1-3H3. The second-order valence-corrected chi connectivity index (χ2v) is 5.94. The van der Waals surface area contributed by atoms with Crippen LogP contribution in [0.15, 0.2) is 0 Å². The molecule has 1 aliphatic rings. The molecule has 96 valence electrons. The van der Waals surface area contributed by atoms with Crippen LogP contribution in [0.2, 0.25) is 0 Å². The first-order valence-electron chi connectivity index (χ1n) is 7.07. The molecule has 0 bridgehead atoms. The van der Waals surface area contributed by atoms with Crippen LogP contribution in [-0.4, -0.2) is 30.6 Å². The van der Waals surface area contributed by atoms with Gasteiger partial charge in [0.15, 0.2) is 0 Å². The Morgan fingerprint density at radius 3 is 2.38 bits per heavy atom. The van der Waals surface area contributed by atoms with Crippen LogP contribution in [0.3, 0.4) is 0 Å². The van der Waals surface area contributed by atoms with Crippen molar-refractivity contribution in [2.24, 2.45) is 17.6 Å². The van der Waals surface area contributed by atoms with E-state index in [2.05, 4.69) is 25.7 Å². The average molecular weight is 226 g/mol. The Morgan fingerprint density at radius 2 is 1.88 bits per heavy atom. The topological polar surface area (TPSA) is 29.3 Å². The third kappa shape index (κ3) is 5.86. The van der Waals surface area contributed by atoms with Crippen LogP contribution in [-0.2, 0) is 0 Å². The lowest BCUT2D eigenvalue weighted by atomic mass is 10.0. The number of hydrogen-bond acceptors (Lipinski definition) is 2. The predicted molar refractivity (Wildman–Crippen MR) is 71.5 cm³/mol. The predicted octanol–water partition coefficient (Wildman–Crippen LogP) is 2.87. The normalized spacial score (nSPS) is 18.4. The molecule has 1 saturated carbocycles. The highest BCUT2D eigenvalue weighted by Crippen LogP contribution is 2.28. The highest BCUT2D eigenvalue weighted by Gasteiger charge is 2.28. The van der Waals surface area contributed by atoms with Crippen molar-refractivity contribution in [2.45, 2.75) is 58.9 Å². The van der Waals surface area contributed by atoms with Crippen molar-refractivity contribution in [2.75, 3.05) is 19.6 Å². The maximum Gasteiger partial charge on any atom is 0.00965 e. The van der Waals surface area contributed by atoms with Gasteiger partial charge in [-0.15, -0.1) is 0 Å². The van der Waals surface area contributed by atoms with E-state index in [9.17, 15) is 0 Å². The third-order valence-corrected chi connectivity index (χ3v) is 3.46. The summed E-state index contributed by atoms with van der Waals surface area (Å²) in [6.45, 7) is 10.4. The van der Waals surface area contributed by atoms with Gasteiger partial charge in [0.1, 0.15) is 0 Å². The van der Waals surface area contributed by atoms with Crippen molar-refractivity contribution < 1.29 is 0 Å². The van der Waals surface area contributed by atoms with Crippen LogP contribution in [0.5, 0.6) is 0 Å². The van der Waals surface area contributed by atoms with E-state index in [0.717, 1.165) is 24.4 Å². The Labute approximate surface area is 102 Å². The fourth-order valence-electron chi connectivity index (χ4n) is 2.40. The van der Waals surface area contributed by atoms with E-state index in [1.54, 1.807) is 0 Å². The molecule has 16 heavy (non-hydrogen) atoms. The molecule has 1 atom stereocenters. The molecule has 1 unspecified atom stereocenters. The van der Waals surface area contributed by atoms with Gasteiger partial charge in [0.05, 0.1) is 0 Å². The summed E-state index contributed by atoms with van der Waals surface area (Å²) in [7, 11) is 0. The lowest BCUT2D eigenvalue weighted by Crippen LogP contribution is -2.31. The van der Waals surface area contributed by atoms with Crippen LogP contribution in [0, 0.1) is 11.8 Å². The molecular formula is C14H30N2. The van der Waals surface area contributed by atoms with Gasteiger partial charge in [0, 0.05) is 12.6 Å². The summed E-state index contributed by atoms with van der Waals surface area (Å²) in [5.74, 6) is 1.62. The number of hydrogen-bond donors (Lipinski definition) is 1. The van der Waals surface area contributed by atoms with Crippen LogP contribution in [0.25, 0.3) is 0 Å². The molecule has 0 aromatic heterocycles. The van der Waals surface area contributed by atoms with Crippen molar-refractivity contribution in [1.82, 2.24) is 4.90 Å². The number of nitrogens with two attached hydrogens (primary N) is 1. The van der Waals surface area contributed by atoms with Crippen molar-refractivity contribution >= 4 is 0 Å². The van der Waals surface area contributed by atoms with E-state index >= 15 is 0 Å². The average Bonchev–Trinajstić information content (AvgIpc) is 2.99. The van der Waals surface area contributed by atoms with E-state index in [4.69, 9.17) is 5.73 Å². The minimum absolute atomic E-state index is 0.807. The highest BCUT2D eigenvalue weighted by molar-refractivity contribution is 4.84. The molecule has 0 aliphatic heterocycles. The zero-order valence-corrected chi connectivity index (χ0v) is 11.4. The Hall–Kier alpha value is -0.0800. The van der Waals surface area contributed by atoms with E-state index < -0.39 is 0 Å². The highest BCUT2D eigenvalue weighted by atomic mass is 15.2. The minimum atomic E-state index is 0.807. The molecule has 1 fully saturated rings. The van der Waals surface area contributed by atoms with Crippen LogP contribution in [0.1, 0.15) is 52.9 Å². The Balaban J connectivity index is 2.12. The van der Waals surface area contributed by atoms with E-state index in [0.29, 0.717) is 0 Å². The van der Waals surface area contributed by atoms with Crippen molar-refractivity contribution in [3.8, 4) is 0 Å². The van der Waals surface area contributed by atoms with Crippen LogP contribution >= 0.6 is 0 Å². The smallest absolute Gasteiger partial charge is 0.00965 e. The molecule has 0 saturated heterocycles. The first kappa shape index (κ1) is 14.0. The summed E-state index contributed by atoms with van der Waals surface area (Å²) >= 11 is 0. The number of nitrogens with zero attached hydrogens (tertiary/aromatic N) is 1. The summed E-state index contributed by atoms with van der Waals surface area (Å²) in [6, 6.07) is 0.923. The van der Waals surface area contributed by atoms with Gasteiger partial charge in [-0.3, -0.25) is 0 Å². The Kier molecular flexibility index (Phi) is 6.37. The zero-order chi connectivity index (χ0) is 12.0. The molecular weight excluding hydrogens is 196 g/mol. The maximum absolute atomic E-state index is 5.57. The fourth-order valence-corrected chi connectivity index (χ4v) is 2.40. The van der Waals surface area contributed by atoms with Gasteiger partial charge in [-0.2, -0.15) is 0 Å². The minimum Gasteiger partial charge on any atom is -0.330 e. The van der Waals surface area contributed by atoms with Gasteiger partial charge in [-0.1, -0.05) is 20.8 Å². The molecule has 2 nitrogen and oxygen atoms in total. The zero-order valence-electron chi connectivity index (χ0n) is 11.4. The molecule has 2 heteroatoms. The Morgan fingerprint density at radius 1 is 1.19 bits per heavy atom. The van der Waals surface area contributed by atoms with E-state index in [-0.39, 0.29) is 0 Å².